The van der Waals surface area contributed by atoms with E-state index in [0.29, 0.717) is 39.5 Å². The Kier molecular flexibility index (Phi) is 8.32. The maximum Gasteiger partial charge on any atom is 0.281 e. The van der Waals surface area contributed by atoms with Gasteiger partial charge in [-0.15, -0.1) is 11.3 Å². The van der Waals surface area contributed by atoms with E-state index in [1.54, 1.807) is 30.3 Å². The minimum absolute atomic E-state index is 0.0308. The van der Waals surface area contributed by atoms with Crippen LogP contribution in [0.25, 0.3) is 10.1 Å². The molecule has 1 N–H and O–H groups in total. The summed E-state index contributed by atoms with van der Waals surface area (Å²) in [7, 11) is 0. The third kappa shape index (κ3) is 6.22. The number of rotatable bonds is 9. The molecule has 0 aliphatic heterocycles. The number of hydrazone groups is 1. The molecular formula is C26H19IN4O5S. The van der Waals surface area contributed by atoms with Gasteiger partial charge in [0.05, 0.1) is 37.8 Å². The lowest BCUT2D eigenvalue weighted by Crippen LogP contribution is -2.16. The number of nitrogens with one attached hydrogen (secondary N) is 1. The average Bonchev–Trinajstić information content (AvgIpc) is 3.32. The second-order valence-corrected chi connectivity index (χ2v) is 9.86. The summed E-state index contributed by atoms with van der Waals surface area (Å²) in [6, 6.07) is 19.1. The molecule has 0 radical (unpaired) electrons. The lowest BCUT2D eigenvalue weighted by Gasteiger charge is -2.15. The summed E-state index contributed by atoms with van der Waals surface area (Å²) in [6.07, 6.45) is 1.50. The molecule has 11 heteroatoms. The van der Waals surface area contributed by atoms with Crippen molar-refractivity contribution in [3.63, 3.8) is 0 Å². The first-order valence-electron chi connectivity index (χ1n) is 11.0. The van der Waals surface area contributed by atoms with Crippen LogP contribution in [0.4, 0.5) is 5.69 Å². The smallest absolute Gasteiger partial charge is 0.281 e. The van der Waals surface area contributed by atoms with Crippen LogP contribution < -0.4 is 14.9 Å². The normalized spacial score (nSPS) is 10.8. The Morgan fingerprint density at radius 1 is 1.22 bits per heavy atom. The SMILES string of the molecule is CCOc1cc(/C=N\NC(=O)c2cc3cc([N+](=O)[O-])ccc3s2)cc(I)c1OCc1ccccc1C#N. The predicted octanol–water partition coefficient (Wildman–Crippen LogP) is 6.03. The molecule has 0 saturated heterocycles. The molecule has 0 bridgehead atoms. The number of carbonyl (C=O) groups excluding carboxylic acids is 1. The molecule has 0 fully saturated rings. The standard InChI is InChI=1S/C26H19IN4O5S/c1-2-35-22-10-16(9-21(27)25(22)36-15-18-6-4-3-5-17(18)13-28)14-29-30-26(32)24-12-19-11-20(31(33)34)7-8-23(19)37-24/h3-12,14H,2,15H2,1H3,(H,30,32)/b29-14-. The van der Waals surface area contributed by atoms with Crippen molar-refractivity contribution in [1.29, 1.82) is 5.26 Å². The third-order valence-electron chi connectivity index (χ3n) is 5.16. The van der Waals surface area contributed by atoms with Crippen LogP contribution in [0.1, 0.15) is 33.3 Å². The number of nitro benzene ring substituents is 1. The Morgan fingerprint density at radius 2 is 2.03 bits per heavy atom. The molecule has 3 aromatic carbocycles. The topological polar surface area (TPSA) is 127 Å². The van der Waals surface area contributed by atoms with Crippen molar-refractivity contribution in [1.82, 2.24) is 5.43 Å². The Bertz CT molecular complexity index is 1560. The van der Waals surface area contributed by atoms with E-state index < -0.39 is 10.8 Å². The Hall–Kier alpha value is -4.02. The number of fused-ring (bicyclic) bond motifs is 1. The van der Waals surface area contributed by atoms with Gasteiger partial charge in [-0.25, -0.2) is 5.43 Å². The number of nitriles is 1. The lowest BCUT2D eigenvalue weighted by atomic mass is 10.1. The monoisotopic (exact) mass is 626 g/mol. The summed E-state index contributed by atoms with van der Waals surface area (Å²) >= 11 is 3.36. The molecule has 1 aromatic heterocycles. The molecule has 1 amide bonds. The van der Waals surface area contributed by atoms with Crippen molar-refractivity contribution in [2.75, 3.05) is 6.61 Å². The van der Waals surface area contributed by atoms with Gasteiger partial charge in [0.15, 0.2) is 11.5 Å². The molecule has 0 saturated carbocycles. The average molecular weight is 626 g/mol. The number of nitro groups is 1. The fourth-order valence-corrected chi connectivity index (χ4v) is 5.16. The highest BCUT2D eigenvalue weighted by atomic mass is 127. The highest BCUT2D eigenvalue weighted by molar-refractivity contribution is 14.1. The van der Waals surface area contributed by atoms with E-state index in [2.05, 4.69) is 39.2 Å². The van der Waals surface area contributed by atoms with E-state index in [0.717, 1.165) is 13.8 Å². The highest BCUT2D eigenvalue weighted by Gasteiger charge is 2.15. The molecule has 186 valence electrons. The molecule has 0 atom stereocenters. The summed E-state index contributed by atoms with van der Waals surface area (Å²) in [4.78, 5) is 23.5. The number of halogens is 1. The van der Waals surface area contributed by atoms with Crippen LogP contribution in [0, 0.1) is 25.0 Å². The van der Waals surface area contributed by atoms with Crippen LogP contribution >= 0.6 is 33.9 Å². The maximum absolute atomic E-state index is 12.6. The zero-order valence-electron chi connectivity index (χ0n) is 19.4. The molecular weight excluding hydrogens is 607 g/mol. The van der Waals surface area contributed by atoms with Gasteiger partial charge in [-0.05, 0) is 65.4 Å². The van der Waals surface area contributed by atoms with Crippen molar-refractivity contribution >= 4 is 61.8 Å². The van der Waals surface area contributed by atoms with E-state index in [9.17, 15) is 20.2 Å². The molecule has 9 nitrogen and oxygen atoms in total. The van der Waals surface area contributed by atoms with Crippen molar-refractivity contribution in [2.45, 2.75) is 13.5 Å². The number of amides is 1. The van der Waals surface area contributed by atoms with E-state index in [-0.39, 0.29) is 12.3 Å². The van der Waals surface area contributed by atoms with Gasteiger partial charge in [-0.3, -0.25) is 14.9 Å². The molecule has 0 spiro atoms. The summed E-state index contributed by atoms with van der Waals surface area (Å²) in [5, 5.41) is 25.0. The van der Waals surface area contributed by atoms with Gasteiger partial charge >= 0.3 is 0 Å². The first kappa shape index (κ1) is 26.1. The number of non-ortho nitro benzene ring substituents is 1. The number of ether oxygens (including phenoxy) is 2. The van der Waals surface area contributed by atoms with E-state index in [4.69, 9.17) is 9.47 Å². The van der Waals surface area contributed by atoms with Gasteiger partial charge < -0.3 is 9.47 Å². The van der Waals surface area contributed by atoms with Crippen LogP contribution in [0.15, 0.2) is 65.8 Å². The maximum atomic E-state index is 12.6. The summed E-state index contributed by atoms with van der Waals surface area (Å²) < 4.78 is 13.3. The van der Waals surface area contributed by atoms with Crippen LogP contribution in [0.2, 0.25) is 0 Å². The molecule has 0 aliphatic rings. The second-order valence-electron chi connectivity index (χ2n) is 7.61. The minimum atomic E-state index is -0.472. The van der Waals surface area contributed by atoms with E-state index in [1.165, 1.54) is 29.7 Å². The molecule has 4 rings (SSSR count). The van der Waals surface area contributed by atoms with Crippen molar-refractivity contribution in [3.05, 3.63) is 95.9 Å². The van der Waals surface area contributed by atoms with E-state index >= 15 is 0 Å². The van der Waals surface area contributed by atoms with Gasteiger partial charge in [0.1, 0.15) is 6.61 Å². The van der Waals surface area contributed by atoms with Gasteiger partial charge in [0.25, 0.3) is 11.6 Å². The second kappa shape index (κ2) is 11.8. The molecule has 4 aromatic rings. The Morgan fingerprint density at radius 3 is 2.78 bits per heavy atom. The Balaban J connectivity index is 1.48. The van der Waals surface area contributed by atoms with Gasteiger partial charge in [-0.2, -0.15) is 10.4 Å². The largest absolute Gasteiger partial charge is 0.490 e. The van der Waals surface area contributed by atoms with Gasteiger partial charge in [0.2, 0.25) is 0 Å². The van der Waals surface area contributed by atoms with Gasteiger partial charge in [-0.1, -0.05) is 18.2 Å². The number of carbonyl (C=O) groups is 1. The zero-order chi connectivity index (χ0) is 26.4. The van der Waals surface area contributed by atoms with Crippen molar-refractivity contribution in [3.8, 4) is 17.6 Å². The predicted molar refractivity (Wildman–Crippen MR) is 149 cm³/mol. The number of nitrogens with zero attached hydrogens (tertiary/aromatic N) is 3. The number of thiophene rings is 1. The van der Waals surface area contributed by atoms with Crippen LogP contribution in [-0.2, 0) is 6.61 Å². The summed E-state index contributed by atoms with van der Waals surface area (Å²) in [6.45, 7) is 2.49. The van der Waals surface area contributed by atoms with Crippen molar-refractivity contribution in [2.24, 2.45) is 5.10 Å². The minimum Gasteiger partial charge on any atom is -0.490 e. The molecule has 0 unspecified atom stereocenters. The van der Waals surface area contributed by atoms with Crippen LogP contribution in [0.3, 0.4) is 0 Å². The zero-order valence-corrected chi connectivity index (χ0v) is 22.4. The molecule has 0 aliphatic carbocycles. The molecule has 37 heavy (non-hydrogen) atoms. The summed E-state index contributed by atoms with van der Waals surface area (Å²) in [5.41, 5.74) is 4.47. The number of benzene rings is 3. The van der Waals surface area contributed by atoms with Crippen LogP contribution in [-0.4, -0.2) is 23.7 Å². The molecule has 1 heterocycles. The van der Waals surface area contributed by atoms with Gasteiger partial charge in [0, 0.05) is 27.8 Å². The quantitative estimate of drug-likeness (QED) is 0.105. The summed E-state index contributed by atoms with van der Waals surface area (Å²) in [5.74, 6) is 0.648. The first-order valence-corrected chi connectivity index (χ1v) is 12.9. The highest BCUT2D eigenvalue weighted by Crippen LogP contribution is 2.35. The van der Waals surface area contributed by atoms with Crippen molar-refractivity contribution < 1.29 is 19.2 Å². The fourth-order valence-electron chi connectivity index (χ4n) is 3.45. The van der Waals surface area contributed by atoms with Crippen LogP contribution in [0.5, 0.6) is 11.5 Å². The number of hydrogen-bond acceptors (Lipinski definition) is 8. The first-order chi connectivity index (χ1) is 17.9. The Labute approximate surface area is 229 Å². The third-order valence-corrected chi connectivity index (χ3v) is 7.07. The van der Waals surface area contributed by atoms with E-state index in [1.807, 2.05) is 25.1 Å². The lowest BCUT2D eigenvalue weighted by molar-refractivity contribution is -0.384. The number of hydrogen-bond donors (Lipinski definition) is 1. The fraction of sp³-hybridized carbons (Fsp3) is 0.115.